The van der Waals surface area contributed by atoms with Crippen LogP contribution < -0.4 is 10.6 Å². The van der Waals surface area contributed by atoms with E-state index in [0.29, 0.717) is 23.7 Å². The van der Waals surface area contributed by atoms with E-state index in [9.17, 15) is 13.2 Å². The largest absolute Gasteiger partial charge is 0.382 e. The number of hydrogen-bond donors (Lipinski definition) is 2. The Bertz CT molecular complexity index is 777. The van der Waals surface area contributed by atoms with Gasteiger partial charge in [-0.15, -0.1) is 11.3 Å². The number of thiophene rings is 1. The number of pyridine rings is 1. The van der Waals surface area contributed by atoms with Crippen LogP contribution in [-0.2, 0) is 9.84 Å². The van der Waals surface area contributed by atoms with Gasteiger partial charge in [0, 0.05) is 13.1 Å². The monoisotopic (exact) mass is 367 g/mol. The van der Waals surface area contributed by atoms with Crippen molar-refractivity contribution in [3.8, 4) is 0 Å². The van der Waals surface area contributed by atoms with Crippen LogP contribution in [0.5, 0.6) is 0 Å². The molecular formula is C16H21N3O3S2. The average molecular weight is 367 g/mol. The third-order valence-corrected chi connectivity index (χ3v) is 6.58. The molecule has 1 amide bonds. The first-order valence-corrected chi connectivity index (χ1v) is 9.84. The quantitative estimate of drug-likeness (QED) is 0.766. The summed E-state index contributed by atoms with van der Waals surface area (Å²) in [5, 5.41) is 7.81. The van der Waals surface area contributed by atoms with Crippen molar-refractivity contribution in [3.05, 3.63) is 40.7 Å². The Balaban J connectivity index is 1.85. The van der Waals surface area contributed by atoms with Crippen LogP contribution in [0.2, 0.25) is 0 Å². The Hall–Kier alpha value is -1.93. The molecule has 0 aromatic carbocycles. The number of carbonyl (C=O) groups is 1. The third-order valence-electron chi connectivity index (χ3n) is 3.30. The van der Waals surface area contributed by atoms with Gasteiger partial charge in [0.15, 0.2) is 14.9 Å². The molecule has 2 heterocycles. The van der Waals surface area contributed by atoms with Crippen LogP contribution in [-0.4, -0.2) is 37.1 Å². The lowest BCUT2D eigenvalue weighted by Gasteiger charge is -2.18. The lowest BCUT2D eigenvalue weighted by Crippen LogP contribution is -2.29. The van der Waals surface area contributed by atoms with Gasteiger partial charge in [0.2, 0.25) is 0 Å². The van der Waals surface area contributed by atoms with Crippen molar-refractivity contribution < 1.29 is 13.2 Å². The van der Waals surface area contributed by atoms with Gasteiger partial charge in [-0.05, 0) is 44.4 Å². The molecule has 0 radical (unpaired) electrons. The fourth-order valence-corrected chi connectivity index (χ4v) is 3.54. The third kappa shape index (κ3) is 4.33. The molecule has 0 spiro atoms. The van der Waals surface area contributed by atoms with Crippen LogP contribution in [0.1, 0.15) is 30.4 Å². The fourth-order valence-electron chi connectivity index (χ4n) is 1.84. The zero-order valence-corrected chi connectivity index (χ0v) is 15.5. The summed E-state index contributed by atoms with van der Waals surface area (Å²) in [5.74, 6) is -0.100. The van der Waals surface area contributed by atoms with E-state index < -0.39 is 14.6 Å². The molecule has 2 aromatic rings. The molecule has 8 heteroatoms. The van der Waals surface area contributed by atoms with Gasteiger partial charge in [-0.25, -0.2) is 13.4 Å². The molecule has 0 saturated heterocycles. The summed E-state index contributed by atoms with van der Waals surface area (Å²) in [4.78, 5) is 16.5. The van der Waals surface area contributed by atoms with E-state index in [1.165, 1.54) is 23.6 Å². The van der Waals surface area contributed by atoms with Gasteiger partial charge in [-0.2, -0.15) is 0 Å². The van der Waals surface area contributed by atoms with Crippen LogP contribution in [0, 0.1) is 0 Å². The summed E-state index contributed by atoms with van der Waals surface area (Å²) in [6, 6.07) is 6.77. The van der Waals surface area contributed by atoms with Crippen molar-refractivity contribution in [3.63, 3.8) is 0 Å². The van der Waals surface area contributed by atoms with Crippen molar-refractivity contribution >= 4 is 32.8 Å². The summed E-state index contributed by atoms with van der Waals surface area (Å²) in [6.07, 6.45) is 1.49. The van der Waals surface area contributed by atoms with Crippen LogP contribution in [0.4, 0.5) is 5.69 Å². The Morgan fingerprint density at radius 3 is 2.50 bits per heavy atom. The number of carbonyl (C=O) groups excluding carboxylic acids is 1. The van der Waals surface area contributed by atoms with E-state index in [1.807, 2.05) is 11.4 Å². The topological polar surface area (TPSA) is 88.2 Å². The highest BCUT2D eigenvalue weighted by molar-refractivity contribution is 7.92. The molecule has 2 rings (SSSR count). The second kappa shape index (κ2) is 7.31. The van der Waals surface area contributed by atoms with Crippen molar-refractivity contribution in [2.75, 3.05) is 18.4 Å². The first-order valence-electron chi connectivity index (χ1n) is 7.48. The molecular weight excluding hydrogens is 346 g/mol. The van der Waals surface area contributed by atoms with Gasteiger partial charge in [0.05, 0.1) is 21.5 Å². The second-order valence-electron chi connectivity index (χ2n) is 6.16. The van der Waals surface area contributed by atoms with Gasteiger partial charge in [0.25, 0.3) is 5.91 Å². The molecule has 0 unspecified atom stereocenters. The number of rotatable bonds is 6. The van der Waals surface area contributed by atoms with Gasteiger partial charge in [-0.1, -0.05) is 6.07 Å². The van der Waals surface area contributed by atoms with Crippen LogP contribution in [0.25, 0.3) is 0 Å². The fraction of sp³-hybridized carbons (Fsp3) is 0.375. The number of sulfone groups is 1. The minimum absolute atomic E-state index is 0.0616. The molecule has 2 aromatic heterocycles. The zero-order chi connectivity index (χ0) is 17.8. The van der Waals surface area contributed by atoms with Crippen molar-refractivity contribution in [2.24, 2.45) is 0 Å². The van der Waals surface area contributed by atoms with Crippen molar-refractivity contribution in [1.82, 2.24) is 10.3 Å². The molecule has 6 nitrogen and oxygen atoms in total. The number of anilines is 1. The minimum atomic E-state index is -3.45. The van der Waals surface area contributed by atoms with E-state index in [1.54, 1.807) is 32.9 Å². The Morgan fingerprint density at radius 1 is 1.21 bits per heavy atom. The van der Waals surface area contributed by atoms with E-state index in [4.69, 9.17) is 0 Å². The molecule has 0 aliphatic heterocycles. The summed E-state index contributed by atoms with van der Waals surface area (Å²) in [6.45, 7) is 5.91. The second-order valence-corrected chi connectivity index (χ2v) is 9.76. The number of nitrogens with one attached hydrogen (secondary N) is 2. The highest BCUT2D eigenvalue weighted by Gasteiger charge is 2.31. The summed E-state index contributed by atoms with van der Waals surface area (Å²) < 4.78 is 23.7. The standard InChI is InChI=1S/C16H21N3O3S2/c1-16(2,3)24(21,22)14-7-6-12(11-19-14)17-8-9-18-15(20)13-5-4-10-23-13/h4-7,10-11,17H,8-9H2,1-3H3,(H,18,20). The van der Waals surface area contributed by atoms with Gasteiger partial charge in [-0.3, -0.25) is 4.79 Å². The van der Waals surface area contributed by atoms with E-state index in [0.717, 1.165) is 0 Å². The number of nitrogens with zero attached hydrogens (tertiary/aromatic N) is 1. The molecule has 2 N–H and O–H groups in total. The van der Waals surface area contributed by atoms with E-state index in [-0.39, 0.29) is 10.9 Å². The number of hydrogen-bond acceptors (Lipinski definition) is 6. The number of aromatic nitrogens is 1. The molecule has 0 atom stereocenters. The molecule has 24 heavy (non-hydrogen) atoms. The molecule has 0 aliphatic carbocycles. The van der Waals surface area contributed by atoms with E-state index >= 15 is 0 Å². The van der Waals surface area contributed by atoms with Crippen molar-refractivity contribution in [2.45, 2.75) is 30.5 Å². The lowest BCUT2D eigenvalue weighted by atomic mass is 10.3. The van der Waals surface area contributed by atoms with Gasteiger partial charge >= 0.3 is 0 Å². The Morgan fingerprint density at radius 2 is 1.96 bits per heavy atom. The van der Waals surface area contributed by atoms with Gasteiger partial charge in [0.1, 0.15) is 0 Å². The zero-order valence-electron chi connectivity index (χ0n) is 13.9. The van der Waals surface area contributed by atoms with Crippen molar-refractivity contribution in [1.29, 1.82) is 0 Å². The molecule has 0 bridgehead atoms. The lowest BCUT2D eigenvalue weighted by molar-refractivity contribution is 0.0959. The number of amides is 1. The van der Waals surface area contributed by atoms with Crippen LogP contribution in [0.15, 0.2) is 40.9 Å². The Labute approximate surface area is 146 Å². The average Bonchev–Trinajstić information content (AvgIpc) is 3.05. The first-order chi connectivity index (χ1) is 11.2. The van der Waals surface area contributed by atoms with Crippen LogP contribution in [0.3, 0.4) is 0 Å². The highest BCUT2D eigenvalue weighted by Crippen LogP contribution is 2.23. The predicted octanol–water partition coefficient (Wildman–Crippen LogP) is 2.56. The maximum Gasteiger partial charge on any atom is 0.261 e. The molecule has 130 valence electrons. The summed E-state index contributed by atoms with van der Waals surface area (Å²) in [5.41, 5.74) is 0.702. The SMILES string of the molecule is CC(C)(C)S(=O)(=O)c1ccc(NCCNC(=O)c2cccs2)cn1. The summed E-state index contributed by atoms with van der Waals surface area (Å²) in [7, 11) is -3.45. The minimum Gasteiger partial charge on any atom is -0.382 e. The summed E-state index contributed by atoms with van der Waals surface area (Å²) >= 11 is 1.39. The molecule has 0 saturated carbocycles. The first kappa shape index (κ1) is 18.4. The maximum atomic E-state index is 12.3. The molecule has 0 fully saturated rings. The van der Waals surface area contributed by atoms with E-state index in [2.05, 4.69) is 15.6 Å². The highest BCUT2D eigenvalue weighted by atomic mass is 32.2. The predicted molar refractivity (Wildman–Crippen MR) is 96.3 cm³/mol. The molecule has 0 aliphatic rings. The van der Waals surface area contributed by atoms with Gasteiger partial charge < -0.3 is 10.6 Å². The maximum absolute atomic E-state index is 12.3. The van der Waals surface area contributed by atoms with Crippen LogP contribution >= 0.6 is 11.3 Å². The Kier molecular flexibility index (Phi) is 5.61. The normalized spacial score (nSPS) is 12.0. The smallest absolute Gasteiger partial charge is 0.261 e.